The lowest BCUT2D eigenvalue weighted by Crippen LogP contribution is -2.20. The minimum atomic E-state index is -0.536. The van der Waals surface area contributed by atoms with E-state index in [2.05, 4.69) is 26.1 Å². The van der Waals surface area contributed by atoms with Crippen molar-refractivity contribution in [2.24, 2.45) is 5.73 Å². The van der Waals surface area contributed by atoms with E-state index in [0.29, 0.717) is 17.0 Å². The number of carbonyl (C=O) groups excluding carboxylic acids is 2. The number of benzene rings is 2. The van der Waals surface area contributed by atoms with Gasteiger partial charge in [0.15, 0.2) is 6.61 Å². The number of primary amides is 1. The zero-order valence-electron chi connectivity index (χ0n) is 14.1. The van der Waals surface area contributed by atoms with E-state index in [4.69, 9.17) is 10.5 Å². The Kier molecular flexibility index (Phi) is 5.24. The van der Waals surface area contributed by atoms with Gasteiger partial charge >= 0.3 is 0 Å². The Labute approximate surface area is 141 Å². The SMILES string of the molecule is CC(C)(C)c1ccc(C(=O)Nc2ccc(OCC(N)=O)cc2)cc1. The second-order valence-corrected chi connectivity index (χ2v) is 6.56. The fourth-order valence-electron chi connectivity index (χ4n) is 2.11. The van der Waals surface area contributed by atoms with Crippen molar-refractivity contribution in [1.82, 2.24) is 0 Å². The van der Waals surface area contributed by atoms with Crippen LogP contribution in [0, 0.1) is 0 Å². The van der Waals surface area contributed by atoms with Crippen molar-refractivity contribution < 1.29 is 14.3 Å². The predicted octanol–water partition coefficient (Wildman–Crippen LogP) is 3.10. The van der Waals surface area contributed by atoms with Crippen LogP contribution >= 0.6 is 0 Å². The molecule has 3 N–H and O–H groups in total. The highest BCUT2D eigenvalue weighted by molar-refractivity contribution is 6.04. The molecule has 0 aliphatic rings. The topological polar surface area (TPSA) is 81.4 Å². The van der Waals surface area contributed by atoms with Gasteiger partial charge in [-0.25, -0.2) is 0 Å². The van der Waals surface area contributed by atoms with Crippen LogP contribution in [-0.2, 0) is 10.2 Å². The summed E-state index contributed by atoms with van der Waals surface area (Å²) in [5, 5.41) is 2.82. The Balaban J connectivity index is 2.00. The minimum absolute atomic E-state index is 0.0513. The summed E-state index contributed by atoms with van der Waals surface area (Å²) >= 11 is 0. The van der Waals surface area contributed by atoms with Gasteiger partial charge in [-0.3, -0.25) is 9.59 Å². The lowest BCUT2D eigenvalue weighted by molar-refractivity contribution is -0.119. The molecule has 5 heteroatoms. The first-order chi connectivity index (χ1) is 11.3. The summed E-state index contributed by atoms with van der Waals surface area (Å²) in [6, 6.07) is 14.3. The van der Waals surface area contributed by atoms with Crippen LogP contribution in [0.4, 0.5) is 5.69 Å². The number of amides is 2. The molecule has 2 amide bonds. The van der Waals surface area contributed by atoms with Crippen LogP contribution in [0.25, 0.3) is 0 Å². The van der Waals surface area contributed by atoms with Crippen LogP contribution < -0.4 is 15.8 Å². The summed E-state index contributed by atoms with van der Waals surface area (Å²) in [5.74, 6) is -0.200. The molecule has 0 atom stereocenters. The largest absolute Gasteiger partial charge is 0.484 e. The summed E-state index contributed by atoms with van der Waals surface area (Å²) in [7, 11) is 0. The summed E-state index contributed by atoms with van der Waals surface area (Å²) < 4.78 is 5.17. The van der Waals surface area contributed by atoms with Gasteiger partial charge in [-0.1, -0.05) is 32.9 Å². The summed E-state index contributed by atoms with van der Waals surface area (Å²) in [6.45, 7) is 6.21. The van der Waals surface area contributed by atoms with E-state index in [0.717, 1.165) is 0 Å². The molecule has 0 heterocycles. The third-order valence-electron chi connectivity index (χ3n) is 3.51. The number of nitrogens with one attached hydrogen (secondary N) is 1. The first-order valence-electron chi connectivity index (χ1n) is 7.69. The van der Waals surface area contributed by atoms with Crippen LogP contribution in [0.5, 0.6) is 5.75 Å². The van der Waals surface area contributed by atoms with E-state index in [-0.39, 0.29) is 17.9 Å². The second-order valence-electron chi connectivity index (χ2n) is 6.56. The van der Waals surface area contributed by atoms with Crippen molar-refractivity contribution in [1.29, 1.82) is 0 Å². The third-order valence-corrected chi connectivity index (χ3v) is 3.51. The van der Waals surface area contributed by atoms with Crippen LogP contribution in [0.1, 0.15) is 36.7 Å². The molecule has 0 spiro atoms. The third kappa shape index (κ3) is 4.84. The van der Waals surface area contributed by atoms with Crippen molar-refractivity contribution >= 4 is 17.5 Å². The monoisotopic (exact) mass is 326 g/mol. The first kappa shape index (κ1) is 17.5. The lowest BCUT2D eigenvalue weighted by atomic mass is 9.87. The highest BCUT2D eigenvalue weighted by Gasteiger charge is 2.14. The van der Waals surface area contributed by atoms with Gasteiger partial charge in [-0.15, -0.1) is 0 Å². The molecule has 0 radical (unpaired) electrons. The van der Waals surface area contributed by atoms with Crippen LogP contribution in [-0.4, -0.2) is 18.4 Å². The zero-order chi connectivity index (χ0) is 17.7. The fraction of sp³-hybridized carbons (Fsp3) is 0.263. The van der Waals surface area contributed by atoms with Gasteiger partial charge in [-0.2, -0.15) is 0 Å². The Bertz CT molecular complexity index is 714. The number of hydrogen-bond donors (Lipinski definition) is 2. The van der Waals surface area contributed by atoms with Crippen molar-refractivity contribution in [2.75, 3.05) is 11.9 Å². The van der Waals surface area contributed by atoms with E-state index in [9.17, 15) is 9.59 Å². The van der Waals surface area contributed by atoms with Gasteiger partial charge < -0.3 is 15.8 Å². The average Bonchev–Trinajstić information content (AvgIpc) is 2.53. The maximum Gasteiger partial charge on any atom is 0.255 e. The van der Waals surface area contributed by atoms with Crippen LogP contribution in [0.3, 0.4) is 0 Å². The van der Waals surface area contributed by atoms with Gasteiger partial charge in [0.1, 0.15) is 5.75 Å². The molecule has 2 aromatic carbocycles. The maximum absolute atomic E-state index is 12.3. The highest BCUT2D eigenvalue weighted by atomic mass is 16.5. The molecule has 0 saturated carbocycles. The Morgan fingerprint density at radius 1 is 1.00 bits per heavy atom. The number of nitrogens with two attached hydrogens (primary N) is 1. The molecule has 126 valence electrons. The smallest absolute Gasteiger partial charge is 0.255 e. The molecule has 0 saturated heterocycles. The van der Waals surface area contributed by atoms with E-state index in [1.807, 2.05) is 24.3 Å². The molecule has 0 aromatic heterocycles. The molecule has 0 bridgehead atoms. The van der Waals surface area contributed by atoms with E-state index >= 15 is 0 Å². The van der Waals surface area contributed by atoms with Crippen molar-refractivity contribution in [3.63, 3.8) is 0 Å². The van der Waals surface area contributed by atoms with E-state index < -0.39 is 5.91 Å². The van der Waals surface area contributed by atoms with Crippen molar-refractivity contribution in [2.45, 2.75) is 26.2 Å². The molecule has 24 heavy (non-hydrogen) atoms. The van der Waals surface area contributed by atoms with Crippen LogP contribution in [0.2, 0.25) is 0 Å². The molecular formula is C19H22N2O3. The number of carbonyl (C=O) groups is 2. The molecule has 2 rings (SSSR count). The second kappa shape index (κ2) is 7.17. The van der Waals surface area contributed by atoms with E-state index in [1.54, 1.807) is 24.3 Å². The average molecular weight is 326 g/mol. The molecular weight excluding hydrogens is 304 g/mol. The number of ether oxygens (including phenoxy) is 1. The van der Waals surface area contributed by atoms with Gasteiger partial charge in [-0.05, 0) is 47.4 Å². The molecule has 0 unspecified atom stereocenters. The lowest BCUT2D eigenvalue weighted by Gasteiger charge is -2.19. The molecule has 0 aliphatic heterocycles. The van der Waals surface area contributed by atoms with E-state index in [1.165, 1.54) is 5.56 Å². The summed E-state index contributed by atoms with van der Waals surface area (Å²) in [4.78, 5) is 22.9. The Hall–Kier alpha value is -2.82. The standard InChI is InChI=1S/C19H22N2O3/c1-19(2,3)14-6-4-13(5-7-14)18(23)21-15-8-10-16(11-9-15)24-12-17(20)22/h4-11H,12H2,1-3H3,(H2,20,22)(H,21,23). The van der Waals surface area contributed by atoms with Gasteiger partial charge in [0.05, 0.1) is 0 Å². The van der Waals surface area contributed by atoms with Crippen molar-refractivity contribution in [3.8, 4) is 5.75 Å². The number of rotatable bonds is 5. The summed E-state index contributed by atoms with van der Waals surface area (Å²) in [6.07, 6.45) is 0. The van der Waals surface area contributed by atoms with Gasteiger partial charge in [0.25, 0.3) is 11.8 Å². The molecule has 2 aromatic rings. The predicted molar refractivity (Wildman–Crippen MR) is 94.2 cm³/mol. The molecule has 0 aliphatic carbocycles. The molecule has 0 fully saturated rings. The highest BCUT2D eigenvalue weighted by Crippen LogP contribution is 2.22. The fourth-order valence-corrected chi connectivity index (χ4v) is 2.11. The molecule has 5 nitrogen and oxygen atoms in total. The Morgan fingerprint density at radius 3 is 2.08 bits per heavy atom. The number of hydrogen-bond acceptors (Lipinski definition) is 3. The first-order valence-corrected chi connectivity index (χ1v) is 7.69. The van der Waals surface area contributed by atoms with Crippen LogP contribution in [0.15, 0.2) is 48.5 Å². The normalized spacial score (nSPS) is 11.0. The zero-order valence-corrected chi connectivity index (χ0v) is 14.1. The van der Waals surface area contributed by atoms with Gasteiger partial charge in [0.2, 0.25) is 0 Å². The number of anilines is 1. The summed E-state index contributed by atoms with van der Waals surface area (Å²) in [5.41, 5.74) is 7.48. The van der Waals surface area contributed by atoms with Gasteiger partial charge in [0, 0.05) is 11.3 Å². The minimum Gasteiger partial charge on any atom is -0.484 e. The maximum atomic E-state index is 12.3. The Morgan fingerprint density at radius 2 is 1.58 bits per heavy atom. The van der Waals surface area contributed by atoms with Crippen molar-refractivity contribution in [3.05, 3.63) is 59.7 Å². The quantitative estimate of drug-likeness (QED) is 0.886.